The number of fused-ring (bicyclic) bond motifs is 2. The summed E-state index contributed by atoms with van der Waals surface area (Å²) in [4.78, 5) is 44.6. The van der Waals surface area contributed by atoms with E-state index in [2.05, 4.69) is 15.3 Å². The van der Waals surface area contributed by atoms with Crippen molar-refractivity contribution in [3.8, 4) is 0 Å². The van der Waals surface area contributed by atoms with Crippen LogP contribution in [0.1, 0.15) is 20.7 Å². The van der Waals surface area contributed by atoms with Crippen LogP contribution in [0.4, 0.5) is 5.69 Å². The summed E-state index contributed by atoms with van der Waals surface area (Å²) in [5, 5.41) is 2.92. The number of carbonyl (C=O) groups excluding carboxylic acids is 3. The fourth-order valence-electron chi connectivity index (χ4n) is 2.78. The molecule has 2 N–H and O–H groups in total. The van der Waals surface area contributed by atoms with Gasteiger partial charge in [-0.1, -0.05) is 12.1 Å². The summed E-state index contributed by atoms with van der Waals surface area (Å²) in [7, 11) is 0. The van der Waals surface area contributed by atoms with Crippen LogP contribution < -0.4 is 5.32 Å². The predicted octanol–water partition coefficient (Wildman–Crippen LogP) is 2.45. The average molecular weight is 355 g/mol. The molecule has 0 aliphatic carbocycles. The first-order valence-electron chi connectivity index (χ1n) is 7.43. The Bertz CT molecular complexity index is 1010. The maximum Gasteiger partial charge on any atom is 0.262 e. The highest BCUT2D eigenvalue weighted by atomic mass is 35.5. The van der Waals surface area contributed by atoms with Crippen LogP contribution in [-0.4, -0.2) is 39.1 Å². The molecular weight excluding hydrogens is 344 g/mol. The molecule has 25 heavy (non-hydrogen) atoms. The molecule has 1 aliphatic heterocycles. The summed E-state index contributed by atoms with van der Waals surface area (Å²) in [6.45, 7) is -0.353. The number of imide groups is 1. The van der Waals surface area contributed by atoms with Gasteiger partial charge in [0.05, 0.1) is 22.2 Å². The number of aromatic nitrogens is 2. The second-order valence-corrected chi connectivity index (χ2v) is 5.91. The second kappa shape index (κ2) is 5.71. The number of halogens is 1. The van der Waals surface area contributed by atoms with Gasteiger partial charge in [0.1, 0.15) is 6.54 Å². The van der Waals surface area contributed by atoms with E-state index in [1.54, 1.807) is 42.5 Å². The minimum absolute atomic E-state index is 0.254. The van der Waals surface area contributed by atoms with Gasteiger partial charge in [-0.05, 0) is 41.9 Å². The van der Waals surface area contributed by atoms with Crippen molar-refractivity contribution in [2.75, 3.05) is 11.9 Å². The first-order valence-corrected chi connectivity index (χ1v) is 7.81. The summed E-state index contributed by atoms with van der Waals surface area (Å²) in [5.41, 5.74) is 2.48. The minimum atomic E-state index is -0.473. The Balaban J connectivity index is 1.50. The van der Waals surface area contributed by atoms with Crippen molar-refractivity contribution >= 4 is 46.0 Å². The Kier molecular flexibility index (Phi) is 3.51. The van der Waals surface area contributed by atoms with Gasteiger partial charge in [0.2, 0.25) is 11.2 Å². The Morgan fingerprint density at radius 2 is 1.80 bits per heavy atom. The standard InChI is InChI=1S/C17H11ClN4O3/c18-17-20-12-6-5-9(7-13(12)21-17)19-14(23)8-22-15(24)10-3-1-2-4-11(10)16(22)25/h1-7H,8H2,(H,19,23)(H,20,21). The van der Waals surface area contributed by atoms with E-state index in [1.807, 2.05) is 0 Å². The van der Waals surface area contributed by atoms with E-state index in [9.17, 15) is 14.4 Å². The maximum absolute atomic E-state index is 12.3. The molecule has 0 atom stereocenters. The Morgan fingerprint density at radius 3 is 2.48 bits per heavy atom. The minimum Gasteiger partial charge on any atom is -0.329 e. The summed E-state index contributed by atoms with van der Waals surface area (Å²) < 4.78 is 0. The lowest BCUT2D eigenvalue weighted by atomic mass is 10.1. The number of imidazole rings is 1. The fourth-order valence-corrected chi connectivity index (χ4v) is 2.98. The summed E-state index contributed by atoms with van der Waals surface area (Å²) >= 11 is 5.80. The third-order valence-electron chi connectivity index (χ3n) is 3.92. The summed E-state index contributed by atoms with van der Waals surface area (Å²) in [6, 6.07) is 11.5. The van der Waals surface area contributed by atoms with Gasteiger partial charge in [-0.2, -0.15) is 0 Å². The molecule has 0 radical (unpaired) electrons. The molecule has 1 aromatic heterocycles. The number of amides is 3. The molecular formula is C17H11ClN4O3. The van der Waals surface area contributed by atoms with E-state index in [4.69, 9.17) is 11.6 Å². The van der Waals surface area contributed by atoms with E-state index >= 15 is 0 Å². The van der Waals surface area contributed by atoms with Crippen molar-refractivity contribution in [2.24, 2.45) is 0 Å². The maximum atomic E-state index is 12.3. The number of carbonyl (C=O) groups is 3. The number of anilines is 1. The zero-order chi connectivity index (χ0) is 17.6. The number of nitrogens with zero attached hydrogens (tertiary/aromatic N) is 2. The first-order chi connectivity index (χ1) is 12.0. The number of benzene rings is 2. The van der Waals surface area contributed by atoms with E-state index < -0.39 is 17.7 Å². The highest BCUT2D eigenvalue weighted by Crippen LogP contribution is 2.23. The largest absolute Gasteiger partial charge is 0.329 e. The van der Waals surface area contributed by atoms with Crippen LogP contribution >= 0.6 is 11.6 Å². The normalized spacial score (nSPS) is 13.4. The van der Waals surface area contributed by atoms with Gasteiger partial charge in [-0.25, -0.2) is 4.98 Å². The van der Waals surface area contributed by atoms with Gasteiger partial charge in [0, 0.05) is 5.69 Å². The zero-order valence-corrected chi connectivity index (χ0v) is 13.5. The molecule has 4 rings (SSSR count). The van der Waals surface area contributed by atoms with Crippen molar-refractivity contribution in [3.05, 3.63) is 58.9 Å². The highest BCUT2D eigenvalue weighted by molar-refractivity contribution is 6.29. The molecule has 0 fully saturated rings. The number of hydrogen-bond donors (Lipinski definition) is 2. The molecule has 0 saturated heterocycles. The number of aromatic amines is 1. The first kappa shape index (κ1) is 15.3. The summed E-state index contributed by atoms with van der Waals surface area (Å²) in [5.74, 6) is -1.41. The zero-order valence-electron chi connectivity index (χ0n) is 12.7. The molecule has 7 nitrogen and oxygen atoms in total. The molecule has 3 aromatic rings. The van der Waals surface area contributed by atoms with Crippen LogP contribution in [0.2, 0.25) is 5.28 Å². The number of rotatable bonds is 3. The third kappa shape index (κ3) is 2.64. The highest BCUT2D eigenvalue weighted by Gasteiger charge is 2.36. The smallest absolute Gasteiger partial charge is 0.262 e. The molecule has 0 saturated carbocycles. The molecule has 0 spiro atoms. The molecule has 0 bridgehead atoms. The van der Waals surface area contributed by atoms with Crippen LogP contribution in [-0.2, 0) is 4.79 Å². The average Bonchev–Trinajstić information content (AvgIpc) is 3.07. The number of nitrogens with one attached hydrogen (secondary N) is 2. The van der Waals surface area contributed by atoms with Gasteiger partial charge in [-0.15, -0.1) is 0 Å². The quantitative estimate of drug-likeness (QED) is 0.706. The number of hydrogen-bond acceptors (Lipinski definition) is 4. The van der Waals surface area contributed by atoms with Crippen molar-refractivity contribution in [1.82, 2.24) is 14.9 Å². The summed E-state index contributed by atoms with van der Waals surface area (Å²) in [6.07, 6.45) is 0. The topological polar surface area (TPSA) is 95.2 Å². The van der Waals surface area contributed by atoms with Gasteiger partial charge in [-0.3, -0.25) is 19.3 Å². The lowest BCUT2D eigenvalue weighted by Crippen LogP contribution is -2.37. The van der Waals surface area contributed by atoms with Crippen molar-refractivity contribution < 1.29 is 14.4 Å². The molecule has 0 unspecified atom stereocenters. The fraction of sp³-hybridized carbons (Fsp3) is 0.0588. The molecule has 8 heteroatoms. The van der Waals surface area contributed by atoms with E-state index in [-0.39, 0.29) is 11.8 Å². The lowest BCUT2D eigenvalue weighted by molar-refractivity contribution is -0.116. The van der Waals surface area contributed by atoms with Crippen LogP contribution in [0.25, 0.3) is 11.0 Å². The Labute approximate surface area is 146 Å². The monoisotopic (exact) mass is 354 g/mol. The predicted molar refractivity (Wildman–Crippen MR) is 91.5 cm³/mol. The van der Waals surface area contributed by atoms with E-state index in [0.29, 0.717) is 27.8 Å². The van der Waals surface area contributed by atoms with E-state index in [0.717, 1.165) is 4.90 Å². The molecule has 124 valence electrons. The van der Waals surface area contributed by atoms with Crippen LogP contribution in [0.15, 0.2) is 42.5 Å². The SMILES string of the molecule is O=C(CN1C(=O)c2ccccc2C1=O)Nc1ccc2nc(Cl)[nH]c2c1. The van der Waals surface area contributed by atoms with Gasteiger partial charge in [0.15, 0.2) is 0 Å². The Hall–Kier alpha value is -3.19. The third-order valence-corrected chi connectivity index (χ3v) is 4.10. The van der Waals surface area contributed by atoms with Gasteiger partial charge >= 0.3 is 0 Å². The molecule has 1 aliphatic rings. The van der Waals surface area contributed by atoms with Crippen LogP contribution in [0.5, 0.6) is 0 Å². The van der Waals surface area contributed by atoms with Crippen LogP contribution in [0.3, 0.4) is 0 Å². The van der Waals surface area contributed by atoms with Crippen molar-refractivity contribution in [2.45, 2.75) is 0 Å². The number of H-pyrrole nitrogens is 1. The van der Waals surface area contributed by atoms with E-state index in [1.165, 1.54) is 0 Å². The van der Waals surface area contributed by atoms with Crippen LogP contribution in [0, 0.1) is 0 Å². The Morgan fingerprint density at radius 1 is 1.12 bits per heavy atom. The molecule has 2 aromatic carbocycles. The molecule has 2 heterocycles. The van der Waals surface area contributed by atoms with Gasteiger partial charge < -0.3 is 10.3 Å². The van der Waals surface area contributed by atoms with Gasteiger partial charge in [0.25, 0.3) is 11.8 Å². The molecule has 3 amide bonds. The van der Waals surface area contributed by atoms with Crippen molar-refractivity contribution in [3.63, 3.8) is 0 Å². The van der Waals surface area contributed by atoms with Crippen molar-refractivity contribution in [1.29, 1.82) is 0 Å². The second-order valence-electron chi connectivity index (χ2n) is 5.55. The lowest BCUT2D eigenvalue weighted by Gasteiger charge is -2.13.